The number of halogens is 3. The Labute approximate surface area is 113 Å². The SMILES string of the molecule is O=C(Nc1cccc(F)c1)c1c(Cl)cccc1Cl. The van der Waals surface area contributed by atoms with Gasteiger partial charge in [0.2, 0.25) is 0 Å². The van der Waals surface area contributed by atoms with Gasteiger partial charge >= 0.3 is 0 Å². The minimum absolute atomic E-state index is 0.171. The minimum atomic E-state index is -0.476. The summed E-state index contributed by atoms with van der Waals surface area (Å²) in [5.41, 5.74) is 0.515. The summed E-state index contributed by atoms with van der Waals surface area (Å²) in [6, 6.07) is 10.3. The minimum Gasteiger partial charge on any atom is -0.322 e. The first-order chi connectivity index (χ1) is 8.58. The molecule has 0 aliphatic heterocycles. The second-order valence-electron chi connectivity index (χ2n) is 3.56. The van der Waals surface area contributed by atoms with Crippen LogP contribution in [0, 0.1) is 5.82 Å². The van der Waals surface area contributed by atoms with E-state index in [1.54, 1.807) is 24.3 Å². The van der Waals surface area contributed by atoms with Crippen molar-refractivity contribution < 1.29 is 9.18 Å². The number of hydrogen-bond acceptors (Lipinski definition) is 1. The molecule has 0 aliphatic carbocycles. The molecule has 2 rings (SSSR count). The van der Waals surface area contributed by atoms with Gasteiger partial charge in [-0.2, -0.15) is 0 Å². The van der Waals surface area contributed by atoms with Gasteiger partial charge in [-0.1, -0.05) is 35.3 Å². The summed E-state index contributed by atoms with van der Waals surface area (Å²) in [4.78, 5) is 12.0. The zero-order valence-corrected chi connectivity index (χ0v) is 10.6. The van der Waals surface area contributed by atoms with Gasteiger partial charge in [0.1, 0.15) is 5.82 Å². The summed E-state index contributed by atoms with van der Waals surface area (Å²) in [5.74, 6) is -0.908. The fraction of sp³-hybridized carbons (Fsp3) is 0. The molecule has 0 fully saturated rings. The quantitative estimate of drug-likeness (QED) is 0.870. The van der Waals surface area contributed by atoms with Gasteiger partial charge in [0, 0.05) is 5.69 Å². The van der Waals surface area contributed by atoms with Crippen molar-refractivity contribution in [1.82, 2.24) is 0 Å². The van der Waals surface area contributed by atoms with Gasteiger partial charge in [-0.3, -0.25) is 4.79 Å². The Balaban J connectivity index is 2.28. The number of hydrogen-bond donors (Lipinski definition) is 1. The van der Waals surface area contributed by atoms with Crippen LogP contribution in [0.3, 0.4) is 0 Å². The maximum Gasteiger partial charge on any atom is 0.258 e. The van der Waals surface area contributed by atoms with Crippen LogP contribution in [0.15, 0.2) is 42.5 Å². The molecule has 0 spiro atoms. The van der Waals surface area contributed by atoms with E-state index in [1.807, 2.05) is 0 Å². The standard InChI is InChI=1S/C13H8Cl2FNO/c14-10-5-2-6-11(15)12(10)13(18)17-9-4-1-3-8(16)7-9/h1-7H,(H,17,18). The lowest BCUT2D eigenvalue weighted by atomic mass is 10.2. The summed E-state index contributed by atoms with van der Waals surface area (Å²) in [7, 11) is 0. The number of anilines is 1. The molecule has 0 bridgehead atoms. The molecule has 2 nitrogen and oxygen atoms in total. The van der Waals surface area contributed by atoms with Crippen LogP contribution in [0.5, 0.6) is 0 Å². The zero-order valence-electron chi connectivity index (χ0n) is 9.08. The first-order valence-electron chi connectivity index (χ1n) is 5.09. The van der Waals surface area contributed by atoms with Gasteiger partial charge in [0.05, 0.1) is 15.6 Å². The smallest absolute Gasteiger partial charge is 0.258 e. The lowest BCUT2D eigenvalue weighted by Crippen LogP contribution is -2.13. The largest absolute Gasteiger partial charge is 0.322 e. The van der Waals surface area contributed by atoms with Gasteiger partial charge in [-0.15, -0.1) is 0 Å². The normalized spacial score (nSPS) is 10.2. The van der Waals surface area contributed by atoms with E-state index in [1.165, 1.54) is 18.2 Å². The molecule has 0 unspecified atom stereocenters. The highest BCUT2D eigenvalue weighted by atomic mass is 35.5. The van der Waals surface area contributed by atoms with Crippen molar-refractivity contribution in [2.75, 3.05) is 5.32 Å². The molecule has 5 heteroatoms. The molecule has 1 N–H and O–H groups in total. The molecule has 0 aliphatic rings. The van der Waals surface area contributed by atoms with E-state index in [2.05, 4.69) is 5.32 Å². The topological polar surface area (TPSA) is 29.1 Å². The summed E-state index contributed by atoms with van der Waals surface area (Å²) in [6.07, 6.45) is 0. The molecular formula is C13H8Cl2FNO. The summed E-state index contributed by atoms with van der Waals surface area (Å²) in [6.45, 7) is 0. The van der Waals surface area contributed by atoms with E-state index >= 15 is 0 Å². The molecule has 0 atom stereocenters. The van der Waals surface area contributed by atoms with Crippen LogP contribution < -0.4 is 5.32 Å². The third-order valence-electron chi connectivity index (χ3n) is 2.27. The van der Waals surface area contributed by atoms with Crippen LogP contribution in [-0.2, 0) is 0 Å². The fourth-order valence-corrected chi connectivity index (χ4v) is 2.04. The number of carbonyl (C=O) groups is 1. The Morgan fingerprint density at radius 2 is 1.67 bits per heavy atom. The number of rotatable bonds is 2. The zero-order chi connectivity index (χ0) is 13.1. The molecular weight excluding hydrogens is 276 g/mol. The Bertz CT molecular complexity index is 581. The molecule has 0 radical (unpaired) electrons. The van der Waals surface area contributed by atoms with Gasteiger partial charge in [0.15, 0.2) is 0 Å². The van der Waals surface area contributed by atoms with E-state index in [4.69, 9.17) is 23.2 Å². The highest BCUT2D eigenvalue weighted by Crippen LogP contribution is 2.25. The molecule has 2 aromatic rings. The number of amides is 1. The Morgan fingerprint density at radius 3 is 2.28 bits per heavy atom. The Hall–Kier alpha value is -1.58. The molecule has 0 saturated heterocycles. The third kappa shape index (κ3) is 2.81. The van der Waals surface area contributed by atoms with Gasteiger partial charge in [-0.25, -0.2) is 4.39 Å². The van der Waals surface area contributed by atoms with Gasteiger partial charge < -0.3 is 5.32 Å². The first-order valence-corrected chi connectivity index (χ1v) is 5.84. The number of benzene rings is 2. The second-order valence-corrected chi connectivity index (χ2v) is 4.38. The lowest BCUT2D eigenvalue weighted by molar-refractivity contribution is 0.102. The summed E-state index contributed by atoms with van der Waals surface area (Å²) < 4.78 is 13.0. The summed E-state index contributed by atoms with van der Waals surface area (Å²) in [5, 5.41) is 3.03. The molecule has 92 valence electrons. The molecule has 0 saturated carbocycles. The molecule has 0 aromatic heterocycles. The van der Waals surface area contributed by atoms with Crippen molar-refractivity contribution in [3.63, 3.8) is 0 Å². The van der Waals surface area contributed by atoms with Crippen molar-refractivity contribution in [2.24, 2.45) is 0 Å². The van der Waals surface area contributed by atoms with E-state index in [0.29, 0.717) is 5.69 Å². The van der Waals surface area contributed by atoms with Crippen molar-refractivity contribution in [3.05, 3.63) is 63.9 Å². The fourth-order valence-electron chi connectivity index (χ4n) is 1.47. The maximum atomic E-state index is 13.0. The predicted octanol–water partition coefficient (Wildman–Crippen LogP) is 4.38. The van der Waals surface area contributed by atoms with Crippen molar-refractivity contribution in [2.45, 2.75) is 0 Å². The van der Waals surface area contributed by atoms with Crippen molar-refractivity contribution in [1.29, 1.82) is 0 Å². The van der Waals surface area contributed by atoms with Crippen LogP contribution in [0.2, 0.25) is 10.0 Å². The maximum absolute atomic E-state index is 13.0. The highest BCUT2D eigenvalue weighted by molar-refractivity contribution is 6.40. The molecule has 18 heavy (non-hydrogen) atoms. The summed E-state index contributed by atoms with van der Waals surface area (Å²) >= 11 is 11.8. The van der Waals surface area contributed by atoms with Crippen molar-refractivity contribution in [3.8, 4) is 0 Å². The number of carbonyl (C=O) groups excluding carboxylic acids is 1. The van der Waals surface area contributed by atoms with Crippen LogP contribution in [0.25, 0.3) is 0 Å². The van der Waals surface area contributed by atoms with E-state index in [9.17, 15) is 9.18 Å². The van der Waals surface area contributed by atoms with Crippen LogP contribution in [-0.4, -0.2) is 5.91 Å². The molecule has 0 heterocycles. The second kappa shape index (κ2) is 5.38. The van der Waals surface area contributed by atoms with Gasteiger partial charge in [-0.05, 0) is 30.3 Å². The Morgan fingerprint density at radius 1 is 1.06 bits per heavy atom. The molecule has 1 amide bonds. The lowest BCUT2D eigenvalue weighted by Gasteiger charge is -2.08. The Kier molecular flexibility index (Phi) is 3.84. The van der Waals surface area contributed by atoms with Crippen LogP contribution >= 0.6 is 23.2 Å². The van der Waals surface area contributed by atoms with Gasteiger partial charge in [0.25, 0.3) is 5.91 Å². The van der Waals surface area contributed by atoms with Crippen LogP contribution in [0.4, 0.5) is 10.1 Å². The van der Waals surface area contributed by atoms with E-state index < -0.39 is 11.7 Å². The predicted molar refractivity (Wildman–Crippen MR) is 70.8 cm³/mol. The van der Waals surface area contributed by atoms with Crippen molar-refractivity contribution >= 4 is 34.8 Å². The average molecular weight is 284 g/mol. The third-order valence-corrected chi connectivity index (χ3v) is 2.90. The average Bonchev–Trinajstić information content (AvgIpc) is 2.28. The first kappa shape index (κ1) is 12.9. The number of nitrogens with one attached hydrogen (secondary N) is 1. The van der Waals surface area contributed by atoms with Crippen LogP contribution in [0.1, 0.15) is 10.4 Å². The van der Waals surface area contributed by atoms with E-state index in [-0.39, 0.29) is 15.6 Å². The highest BCUT2D eigenvalue weighted by Gasteiger charge is 2.14. The van der Waals surface area contributed by atoms with E-state index in [0.717, 1.165) is 0 Å². The molecule has 2 aromatic carbocycles. The monoisotopic (exact) mass is 283 g/mol.